The van der Waals surface area contributed by atoms with Gasteiger partial charge in [-0.15, -0.1) is 0 Å². The van der Waals surface area contributed by atoms with Crippen molar-refractivity contribution in [3.63, 3.8) is 0 Å². The molecule has 0 radical (unpaired) electrons. The smallest absolute Gasteiger partial charge is 0.267 e. The average Bonchev–Trinajstić information content (AvgIpc) is 3.18. The van der Waals surface area contributed by atoms with Crippen molar-refractivity contribution in [3.8, 4) is 0 Å². The van der Waals surface area contributed by atoms with Crippen LogP contribution in [0, 0.1) is 0 Å². The maximum absolute atomic E-state index is 12.0. The van der Waals surface area contributed by atoms with Crippen molar-refractivity contribution in [2.75, 3.05) is 23.9 Å². The van der Waals surface area contributed by atoms with Crippen LogP contribution in [0.5, 0.6) is 0 Å². The molecular formula is C16H21N3O3S. The number of hydrogen-bond donors (Lipinski definition) is 3. The number of anilines is 1. The molecule has 3 N–H and O–H groups in total. The number of benzene rings is 1. The van der Waals surface area contributed by atoms with Crippen molar-refractivity contribution in [2.45, 2.75) is 25.3 Å². The standard InChI is InChI=1S/C16H21N3O3S/c1-23(21,22)8-2-7-17-13-5-6-14-11(9-13)10-15(19-14)16(20)18-12-3-4-12/h5-6,9-10,12,17,19H,2-4,7-8H2,1H3,(H,18,20). The minimum atomic E-state index is -2.91. The van der Waals surface area contributed by atoms with Crippen molar-refractivity contribution >= 4 is 32.3 Å². The first-order valence-corrected chi connectivity index (χ1v) is 9.82. The summed E-state index contributed by atoms with van der Waals surface area (Å²) in [6.45, 7) is 0.595. The minimum absolute atomic E-state index is 0.0636. The number of carbonyl (C=O) groups excluding carboxylic acids is 1. The van der Waals surface area contributed by atoms with Crippen molar-refractivity contribution in [2.24, 2.45) is 0 Å². The molecule has 3 rings (SSSR count). The highest BCUT2D eigenvalue weighted by Gasteiger charge is 2.24. The maximum Gasteiger partial charge on any atom is 0.267 e. The van der Waals surface area contributed by atoms with Crippen LogP contribution in [0.4, 0.5) is 5.69 Å². The topological polar surface area (TPSA) is 91.1 Å². The van der Waals surface area contributed by atoms with E-state index in [1.807, 2.05) is 24.3 Å². The fourth-order valence-corrected chi connectivity index (χ4v) is 3.09. The van der Waals surface area contributed by atoms with Crippen molar-refractivity contribution in [1.82, 2.24) is 10.3 Å². The number of fused-ring (bicyclic) bond motifs is 1. The molecule has 2 aromatic rings. The second-order valence-corrected chi connectivity index (χ2v) is 8.40. The molecule has 0 aliphatic heterocycles. The number of sulfone groups is 1. The minimum Gasteiger partial charge on any atom is -0.385 e. The zero-order valence-electron chi connectivity index (χ0n) is 13.1. The quantitative estimate of drug-likeness (QED) is 0.674. The molecule has 1 amide bonds. The summed E-state index contributed by atoms with van der Waals surface area (Å²) < 4.78 is 22.2. The molecule has 1 fully saturated rings. The Morgan fingerprint density at radius 3 is 2.78 bits per heavy atom. The van der Waals surface area contributed by atoms with Crippen LogP contribution in [-0.2, 0) is 9.84 Å². The fraction of sp³-hybridized carbons (Fsp3) is 0.438. The zero-order valence-corrected chi connectivity index (χ0v) is 13.9. The lowest BCUT2D eigenvalue weighted by molar-refractivity contribution is 0.0947. The van der Waals surface area contributed by atoms with Crippen LogP contribution in [0.15, 0.2) is 24.3 Å². The molecule has 7 heteroatoms. The van der Waals surface area contributed by atoms with Gasteiger partial charge in [0.1, 0.15) is 15.5 Å². The Labute approximate surface area is 135 Å². The highest BCUT2D eigenvalue weighted by molar-refractivity contribution is 7.90. The van der Waals surface area contributed by atoms with Crippen LogP contribution < -0.4 is 10.6 Å². The van der Waals surface area contributed by atoms with Gasteiger partial charge in [0.2, 0.25) is 0 Å². The molecule has 124 valence electrons. The summed E-state index contributed by atoms with van der Waals surface area (Å²) in [6, 6.07) is 7.97. The average molecular weight is 335 g/mol. The first-order valence-electron chi connectivity index (χ1n) is 7.76. The van der Waals surface area contributed by atoms with Crippen molar-refractivity contribution in [3.05, 3.63) is 30.0 Å². The van der Waals surface area contributed by atoms with Gasteiger partial charge in [0.15, 0.2) is 0 Å². The van der Waals surface area contributed by atoms with Crippen molar-refractivity contribution in [1.29, 1.82) is 0 Å². The Morgan fingerprint density at radius 1 is 1.30 bits per heavy atom. The van der Waals surface area contributed by atoms with Gasteiger partial charge in [-0.3, -0.25) is 4.79 Å². The predicted molar refractivity (Wildman–Crippen MR) is 91.6 cm³/mol. The monoisotopic (exact) mass is 335 g/mol. The van der Waals surface area contributed by atoms with E-state index in [9.17, 15) is 13.2 Å². The number of rotatable bonds is 7. The van der Waals surface area contributed by atoms with E-state index in [1.54, 1.807) is 0 Å². The maximum atomic E-state index is 12.0. The third kappa shape index (κ3) is 4.48. The van der Waals surface area contributed by atoms with Gasteiger partial charge in [-0.05, 0) is 43.5 Å². The van der Waals surface area contributed by atoms with Gasteiger partial charge in [0.05, 0.1) is 5.75 Å². The summed E-state index contributed by atoms with van der Waals surface area (Å²) in [5.41, 5.74) is 2.40. The van der Waals surface area contributed by atoms with Gasteiger partial charge in [-0.1, -0.05) is 0 Å². The highest BCUT2D eigenvalue weighted by atomic mass is 32.2. The molecule has 6 nitrogen and oxygen atoms in total. The van der Waals surface area contributed by atoms with E-state index in [-0.39, 0.29) is 11.7 Å². The third-order valence-corrected chi connectivity index (χ3v) is 4.83. The van der Waals surface area contributed by atoms with E-state index in [4.69, 9.17) is 0 Å². The van der Waals surface area contributed by atoms with E-state index in [1.165, 1.54) is 6.26 Å². The first kappa shape index (κ1) is 15.9. The van der Waals surface area contributed by atoms with Gasteiger partial charge in [0.25, 0.3) is 5.91 Å². The molecule has 1 saturated carbocycles. The molecule has 1 aliphatic rings. The van der Waals surface area contributed by atoms with Gasteiger partial charge < -0.3 is 15.6 Å². The Kier molecular flexibility index (Phi) is 4.30. The highest BCUT2D eigenvalue weighted by Crippen LogP contribution is 2.22. The number of aromatic nitrogens is 1. The number of amides is 1. The summed E-state index contributed by atoms with van der Waals surface area (Å²) >= 11 is 0. The van der Waals surface area contributed by atoms with Crippen LogP contribution >= 0.6 is 0 Å². The lowest BCUT2D eigenvalue weighted by atomic mass is 10.2. The molecule has 0 unspecified atom stereocenters. The van der Waals surface area contributed by atoms with Crippen LogP contribution in [0.25, 0.3) is 10.9 Å². The molecule has 23 heavy (non-hydrogen) atoms. The zero-order chi connectivity index (χ0) is 16.4. The predicted octanol–water partition coefficient (Wildman–Crippen LogP) is 1.91. The second kappa shape index (κ2) is 6.23. The fourth-order valence-electron chi connectivity index (χ4n) is 2.42. The lowest BCUT2D eigenvalue weighted by Gasteiger charge is -2.05. The van der Waals surface area contributed by atoms with E-state index in [0.717, 1.165) is 29.4 Å². The molecule has 1 heterocycles. The van der Waals surface area contributed by atoms with Crippen LogP contribution in [-0.4, -0.2) is 43.9 Å². The Morgan fingerprint density at radius 2 is 2.09 bits per heavy atom. The second-order valence-electron chi connectivity index (χ2n) is 6.14. The molecule has 0 atom stereocenters. The van der Waals surface area contributed by atoms with E-state index < -0.39 is 9.84 Å². The molecule has 1 aliphatic carbocycles. The number of H-pyrrole nitrogens is 1. The van der Waals surface area contributed by atoms with Crippen LogP contribution in [0.2, 0.25) is 0 Å². The molecule has 0 saturated heterocycles. The van der Waals surface area contributed by atoms with Gasteiger partial charge in [0, 0.05) is 35.4 Å². The summed E-state index contributed by atoms with van der Waals surface area (Å²) in [7, 11) is -2.91. The summed E-state index contributed by atoms with van der Waals surface area (Å²) in [6.07, 6.45) is 3.94. The SMILES string of the molecule is CS(=O)(=O)CCCNc1ccc2[nH]c(C(=O)NC3CC3)cc2c1. The van der Waals surface area contributed by atoms with Gasteiger partial charge in [-0.2, -0.15) is 0 Å². The molecular weight excluding hydrogens is 314 g/mol. The largest absolute Gasteiger partial charge is 0.385 e. The normalized spacial score (nSPS) is 14.8. The van der Waals surface area contributed by atoms with Gasteiger partial charge in [-0.25, -0.2) is 8.42 Å². The van der Waals surface area contributed by atoms with E-state index in [2.05, 4.69) is 15.6 Å². The summed E-state index contributed by atoms with van der Waals surface area (Å²) in [4.78, 5) is 15.2. The molecule has 0 bridgehead atoms. The van der Waals surface area contributed by atoms with E-state index >= 15 is 0 Å². The number of aromatic amines is 1. The summed E-state index contributed by atoms with van der Waals surface area (Å²) in [5.74, 6) is 0.115. The Hall–Kier alpha value is -2.02. The number of nitrogens with one attached hydrogen (secondary N) is 3. The third-order valence-electron chi connectivity index (χ3n) is 3.80. The molecule has 0 spiro atoms. The Balaban J connectivity index is 1.63. The number of hydrogen-bond acceptors (Lipinski definition) is 4. The van der Waals surface area contributed by atoms with Crippen molar-refractivity contribution < 1.29 is 13.2 Å². The van der Waals surface area contributed by atoms with Crippen LogP contribution in [0.3, 0.4) is 0 Å². The van der Waals surface area contributed by atoms with Gasteiger partial charge >= 0.3 is 0 Å². The van der Waals surface area contributed by atoms with Crippen LogP contribution in [0.1, 0.15) is 29.8 Å². The molecule has 1 aromatic carbocycles. The Bertz CT molecular complexity index is 822. The number of carbonyl (C=O) groups is 1. The van der Waals surface area contributed by atoms with E-state index in [0.29, 0.717) is 24.7 Å². The summed E-state index contributed by atoms with van der Waals surface area (Å²) in [5, 5.41) is 7.13. The molecule has 1 aromatic heterocycles. The first-order chi connectivity index (χ1) is 10.9. The lowest BCUT2D eigenvalue weighted by Crippen LogP contribution is -2.25.